The first-order valence-electron chi connectivity index (χ1n) is 13.8. The molecule has 11 nitrogen and oxygen atoms in total. The molecular formula is C30H32FN9O2. The van der Waals surface area contributed by atoms with E-state index >= 15 is 0 Å². The fourth-order valence-corrected chi connectivity index (χ4v) is 5.44. The van der Waals surface area contributed by atoms with Crippen LogP contribution in [0.3, 0.4) is 0 Å². The number of aryl methyl sites for hydroxylation is 1. The number of carbonyl (C=O) groups excluding carboxylic acids is 1. The van der Waals surface area contributed by atoms with Crippen LogP contribution in [0, 0.1) is 11.2 Å². The van der Waals surface area contributed by atoms with E-state index in [0.717, 1.165) is 43.3 Å². The van der Waals surface area contributed by atoms with Crippen molar-refractivity contribution in [3.8, 4) is 16.9 Å². The second-order valence-corrected chi connectivity index (χ2v) is 10.7. The van der Waals surface area contributed by atoms with Gasteiger partial charge in [-0.2, -0.15) is 0 Å². The quantitative estimate of drug-likeness (QED) is 0.204. The van der Waals surface area contributed by atoms with Crippen molar-refractivity contribution < 1.29 is 14.3 Å². The van der Waals surface area contributed by atoms with Crippen LogP contribution in [0.5, 0.6) is 5.75 Å². The number of benzene rings is 2. The van der Waals surface area contributed by atoms with Gasteiger partial charge in [0.1, 0.15) is 17.2 Å². The van der Waals surface area contributed by atoms with Gasteiger partial charge < -0.3 is 30.5 Å². The Labute approximate surface area is 242 Å². The summed E-state index contributed by atoms with van der Waals surface area (Å²) in [6, 6.07) is 7.91. The number of aromatic nitrogens is 4. The Morgan fingerprint density at radius 3 is 2.57 bits per heavy atom. The van der Waals surface area contributed by atoms with Crippen LogP contribution in [-0.4, -0.2) is 79.7 Å². The largest absolute Gasteiger partial charge is 0.505 e. The molecule has 1 fully saturated rings. The van der Waals surface area contributed by atoms with E-state index in [9.17, 15) is 14.3 Å². The van der Waals surface area contributed by atoms with Crippen LogP contribution in [0.25, 0.3) is 11.1 Å². The lowest BCUT2D eigenvalue weighted by Gasteiger charge is -2.32. The first-order chi connectivity index (χ1) is 20.2. The standard InChI is InChI=1S/C30H32FN9O2/c1-3-17-11-26(41)21(31)12-20(17)18-4-5-19(22(32)10-18)28(33)29-36-24-15-40(16-25(24)37-29)30(42)23-13-35-27(14-34-23)39-8-6-38(2)7-9-39/h4-5,10-14,33,41H,3,6-9,15-16,32H2,1-2H3,(H,36,37). The number of nitrogens with one attached hydrogen (secondary N) is 2. The second kappa shape index (κ2) is 10.9. The third-order valence-corrected chi connectivity index (χ3v) is 7.95. The summed E-state index contributed by atoms with van der Waals surface area (Å²) in [6.07, 6.45) is 3.79. The molecule has 216 valence electrons. The predicted molar refractivity (Wildman–Crippen MR) is 157 cm³/mol. The Morgan fingerprint density at radius 1 is 1.12 bits per heavy atom. The highest BCUT2D eigenvalue weighted by Gasteiger charge is 2.30. The molecule has 5 N–H and O–H groups in total. The summed E-state index contributed by atoms with van der Waals surface area (Å²) in [5.74, 6) is -0.199. The van der Waals surface area contributed by atoms with Gasteiger partial charge in [0.15, 0.2) is 17.4 Å². The van der Waals surface area contributed by atoms with Crippen LogP contribution in [0.1, 0.15) is 45.8 Å². The van der Waals surface area contributed by atoms with Crippen molar-refractivity contribution in [2.75, 3.05) is 43.9 Å². The maximum absolute atomic E-state index is 14.1. The van der Waals surface area contributed by atoms with E-state index in [-0.39, 0.29) is 23.1 Å². The zero-order chi connectivity index (χ0) is 29.5. The Bertz CT molecular complexity index is 1650. The number of hydrogen-bond donors (Lipinski definition) is 4. The molecule has 2 aliphatic rings. The van der Waals surface area contributed by atoms with Crippen LogP contribution >= 0.6 is 0 Å². The highest BCUT2D eigenvalue weighted by Crippen LogP contribution is 2.32. The summed E-state index contributed by atoms with van der Waals surface area (Å²) < 4.78 is 14.1. The first kappa shape index (κ1) is 27.3. The van der Waals surface area contributed by atoms with Crippen molar-refractivity contribution in [1.29, 1.82) is 5.41 Å². The molecule has 0 spiro atoms. The molecule has 1 amide bonds. The SMILES string of the molecule is CCc1cc(O)c(F)cc1-c1ccc(C(=N)c2nc3c([nH]2)CN(C(=O)c2cnc(N4CCN(C)CC4)cn2)C3)c(N)c1. The lowest BCUT2D eigenvalue weighted by atomic mass is 9.95. The third kappa shape index (κ3) is 5.05. The summed E-state index contributed by atoms with van der Waals surface area (Å²) in [4.78, 5) is 35.8. The second-order valence-electron chi connectivity index (χ2n) is 10.7. The van der Waals surface area contributed by atoms with Crippen molar-refractivity contribution in [1.82, 2.24) is 29.7 Å². The molecule has 2 aliphatic heterocycles. The number of aromatic amines is 1. The minimum Gasteiger partial charge on any atom is -0.505 e. The number of phenols is 1. The topological polar surface area (TPSA) is 151 Å². The van der Waals surface area contributed by atoms with Gasteiger partial charge in [0.05, 0.1) is 36.9 Å². The number of hydrogen-bond acceptors (Lipinski definition) is 9. The van der Waals surface area contributed by atoms with Gasteiger partial charge in [0.25, 0.3) is 5.91 Å². The van der Waals surface area contributed by atoms with Gasteiger partial charge in [0.2, 0.25) is 0 Å². The van der Waals surface area contributed by atoms with Gasteiger partial charge in [-0.1, -0.05) is 19.1 Å². The van der Waals surface area contributed by atoms with Gasteiger partial charge in [-0.3, -0.25) is 10.2 Å². The highest BCUT2D eigenvalue weighted by molar-refractivity contribution is 6.12. The van der Waals surface area contributed by atoms with E-state index in [1.165, 1.54) is 18.3 Å². The lowest BCUT2D eigenvalue weighted by molar-refractivity contribution is 0.0742. The fraction of sp³-hybridized carbons (Fsp3) is 0.300. The van der Waals surface area contributed by atoms with Crippen molar-refractivity contribution in [2.45, 2.75) is 26.4 Å². The molecule has 0 aliphatic carbocycles. The highest BCUT2D eigenvalue weighted by atomic mass is 19.1. The van der Waals surface area contributed by atoms with Crippen LogP contribution < -0.4 is 10.6 Å². The molecule has 12 heteroatoms. The first-order valence-corrected chi connectivity index (χ1v) is 13.8. The van der Waals surface area contributed by atoms with E-state index in [4.69, 9.17) is 11.1 Å². The smallest absolute Gasteiger partial charge is 0.274 e. The zero-order valence-electron chi connectivity index (χ0n) is 23.5. The molecule has 2 aromatic heterocycles. The number of carbonyl (C=O) groups is 1. The normalized spacial score (nSPS) is 15.2. The van der Waals surface area contributed by atoms with Crippen molar-refractivity contribution >= 4 is 23.1 Å². The molecule has 1 saturated heterocycles. The number of phenolic OH excluding ortho intramolecular Hbond substituents is 1. The van der Waals surface area contributed by atoms with Gasteiger partial charge in [0, 0.05) is 37.4 Å². The maximum Gasteiger partial charge on any atom is 0.274 e. The Hall–Kier alpha value is -4.84. The Kier molecular flexibility index (Phi) is 7.07. The minimum atomic E-state index is -0.704. The number of likely N-dealkylation sites (N-methyl/N-ethyl adjacent to an activating group) is 1. The zero-order valence-corrected chi connectivity index (χ0v) is 23.5. The van der Waals surface area contributed by atoms with Crippen LogP contribution in [0.15, 0.2) is 42.7 Å². The van der Waals surface area contributed by atoms with Crippen LogP contribution in [0.2, 0.25) is 0 Å². The molecule has 0 saturated carbocycles. The number of anilines is 2. The molecule has 0 radical (unpaired) electrons. The number of nitrogen functional groups attached to an aromatic ring is 1. The Morgan fingerprint density at radius 2 is 1.90 bits per heavy atom. The van der Waals surface area contributed by atoms with Gasteiger partial charge in [-0.05, 0) is 48.4 Å². The molecular weight excluding hydrogens is 537 g/mol. The molecule has 0 bridgehead atoms. The van der Waals surface area contributed by atoms with Crippen LogP contribution in [-0.2, 0) is 19.5 Å². The molecule has 4 heterocycles. The summed E-state index contributed by atoms with van der Waals surface area (Å²) in [7, 11) is 2.09. The van der Waals surface area contributed by atoms with Crippen molar-refractivity contribution in [3.05, 3.63) is 82.6 Å². The molecule has 0 atom stereocenters. The van der Waals surface area contributed by atoms with Gasteiger partial charge in [-0.25, -0.2) is 19.3 Å². The predicted octanol–water partition coefficient (Wildman–Crippen LogP) is 3.18. The van der Waals surface area contributed by atoms with E-state index < -0.39 is 5.82 Å². The number of imidazole rings is 1. The number of aromatic hydroxyl groups is 1. The summed E-state index contributed by atoms with van der Waals surface area (Å²) in [5, 5.41) is 18.5. The number of piperazine rings is 1. The summed E-state index contributed by atoms with van der Waals surface area (Å²) in [5.41, 5.74) is 11.1. The third-order valence-electron chi connectivity index (χ3n) is 7.95. The average Bonchev–Trinajstić information content (AvgIpc) is 3.58. The number of nitrogens with zero attached hydrogens (tertiary/aromatic N) is 6. The van der Waals surface area contributed by atoms with Crippen LogP contribution in [0.4, 0.5) is 15.9 Å². The Balaban J connectivity index is 1.14. The maximum atomic E-state index is 14.1. The summed E-state index contributed by atoms with van der Waals surface area (Å²) >= 11 is 0. The van der Waals surface area contributed by atoms with E-state index in [0.29, 0.717) is 53.4 Å². The molecule has 4 aromatic rings. The van der Waals surface area contributed by atoms with E-state index in [1.807, 2.05) is 6.92 Å². The molecule has 42 heavy (non-hydrogen) atoms. The van der Waals surface area contributed by atoms with Gasteiger partial charge in [-0.15, -0.1) is 0 Å². The number of halogens is 1. The fourth-order valence-electron chi connectivity index (χ4n) is 5.44. The average molecular weight is 570 g/mol. The number of amides is 1. The number of H-pyrrole nitrogens is 1. The number of rotatable bonds is 6. The van der Waals surface area contributed by atoms with E-state index in [2.05, 4.69) is 36.8 Å². The number of nitrogens with two attached hydrogens (primary N) is 1. The molecule has 6 rings (SSSR count). The number of fused-ring (bicyclic) bond motifs is 1. The monoisotopic (exact) mass is 569 g/mol. The minimum absolute atomic E-state index is 0.115. The van der Waals surface area contributed by atoms with Crippen molar-refractivity contribution in [2.24, 2.45) is 0 Å². The van der Waals surface area contributed by atoms with Gasteiger partial charge >= 0.3 is 0 Å². The lowest BCUT2D eigenvalue weighted by Crippen LogP contribution is -2.44. The summed E-state index contributed by atoms with van der Waals surface area (Å²) in [6.45, 7) is 6.19. The van der Waals surface area contributed by atoms with Crippen molar-refractivity contribution in [3.63, 3.8) is 0 Å². The molecule has 0 unspecified atom stereocenters. The molecule has 2 aromatic carbocycles. The van der Waals surface area contributed by atoms with E-state index in [1.54, 1.807) is 29.3 Å².